The van der Waals surface area contributed by atoms with Gasteiger partial charge < -0.3 is 9.67 Å². The minimum absolute atomic E-state index is 0.392. The van der Waals surface area contributed by atoms with Crippen molar-refractivity contribution in [3.8, 4) is 0 Å². The van der Waals surface area contributed by atoms with E-state index in [1.165, 1.54) is 4.90 Å². The summed E-state index contributed by atoms with van der Waals surface area (Å²) in [5.74, 6) is 1.07. The molecular formula is C14H18N2OS. The summed E-state index contributed by atoms with van der Waals surface area (Å²) in [6, 6.07) is 8.11. The lowest BCUT2D eigenvalue weighted by Gasteiger charge is -2.07. The van der Waals surface area contributed by atoms with Gasteiger partial charge in [-0.25, -0.2) is 4.98 Å². The number of imidazole rings is 1. The smallest absolute Gasteiger partial charge is 0.0945 e. The molecule has 1 aromatic heterocycles. The van der Waals surface area contributed by atoms with E-state index in [0.717, 1.165) is 24.3 Å². The number of aliphatic hydroxyl groups excluding tert-OH is 1. The molecule has 18 heavy (non-hydrogen) atoms. The molecule has 1 atom stereocenters. The first kappa shape index (κ1) is 13.2. The molecule has 0 aliphatic rings. The molecule has 2 aromatic rings. The van der Waals surface area contributed by atoms with Crippen LogP contribution in [0.1, 0.15) is 25.0 Å². The van der Waals surface area contributed by atoms with E-state index in [1.807, 2.05) is 36.4 Å². The summed E-state index contributed by atoms with van der Waals surface area (Å²) in [5, 5.41) is 9.53. The average Bonchev–Trinajstić information content (AvgIpc) is 2.88. The fourth-order valence-corrected chi connectivity index (χ4v) is 2.62. The Balaban J connectivity index is 1.78. The molecule has 3 nitrogen and oxygen atoms in total. The molecule has 0 spiro atoms. The highest BCUT2D eigenvalue weighted by Crippen LogP contribution is 2.22. The highest BCUT2D eigenvalue weighted by Gasteiger charge is 2.01. The summed E-state index contributed by atoms with van der Waals surface area (Å²) < 4.78 is 2.09. The van der Waals surface area contributed by atoms with Crippen LogP contribution in [0.15, 0.2) is 47.9 Å². The summed E-state index contributed by atoms with van der Waals surface area (Å²) in [6.07, 6.45) is 6.35. The Bertz CT molecular complexity index is 468. The van der Waals surface area contributed by atoms with E-state index in [-0.39, 0.29) is 0 Å². The van der Waals surface area contributed by atoms with Crippen LogP contribution in [0.4, 0.5) is 0 Å². The molecule has 0 radical (unpaired) electrons. The van der Waals surface area contributed by atoms with Crippen LogP contribution in [0.25, 0.3) is 0 Å². The summed E-state index contributed by atoms with van der Waals surface area (Å²) in [7, 11) is 0. The molecule has 0 aliphatic heterocycles. The van der Waals surface area contributed by atoms with E-state index in [1.54, 1.807) is 13.1 Å². The van der Waals surface area contributed by atoms with Crippen molar-refractivity contribution in [3.05, 3.63) is 48.5 Å². The number of benzene rings is 1. The van der Waals surface area contributed by atoms with E-state index < -0.39 is 6.10 Å². The highest BCUT2D eigenvalue weighted by molar-refractivity contribution is 7.99. The van der Waals surface area contributed by atoms with Crippen LogP contribution in [0, 0.1) is 0 Å². The van der Waals surface area contributed by atoms with Gasteiger partial charge in [0.15, 0.2) is 0 Å². The zero-order chi connectivity index (χ0) is 12.8. The number of hydrogen-bond donors (Lipinski definition) is 1. The second-order valence-electron chi connectivity index (χ2n) is 4.25. The lowest BCUT2D eigenvalue weighted by atomic mass is 10.1. The van der Waals surface area contributed by atoms with Gasteiger partial charge >= 0.3 is 0 Å². The lowest BCUT2D eigenvalue weighted by molar-refractivity contribution is 0.199. The molecular weight excluding hydrogens is 244 g/mol. The highest BCUT2D eigenvalue weighted by atomic mass is 32.2. The van der Waals surface area contributed by atoms with E-state index in [4.69, 9.17) is 0 Å². The molecule has 1 heterocycles. The Morgan fingerprint density at radius 2 is 2.33 bits per heavy atom. The maximum absolute atomic E-state index is 9.53. The first-order valence-corrected chi connectivity index (χ1v) is 7.11. The van der Waals surface area contributed by atoms with Crippen molar-refractivity contribution in [2.45, 2.75) is 30.9 Å². The second-order valence-corrected chi connectivity index (χ2v) is 5.42. The number of hydrogen-bond acceptors (Lipinski definition) is 3. The van der Waals surface area contributed by atoms with Gasteiger partial charge in [-0.1, -0.05) is 12.1 Å². The van der Waals surface area contributed by atoms with Crippen LogP contribution in [0.5, 0.6) is 0 Å². The van der Waals surface area contributed by atoms with Crippen LogP contribution >= 0.6 is 11.8 Å². The van der Waals surface area contributed by atoms with Gasteiger partial charge in [-0.2, -0.15) is 0 Å². The largest absolute Gasteiger partial charge is 0.389 e. The fraction of sp³-hybridized carbons (Fsp3) is 0.357. The van der Waals surface area contributed by atoms with E-state index in [0.29, 0.717) is 0 Å². The fourth-order valence-electron chi connectivity index (χ4n) is 1.72. The normalized spacial score (nSPS) is 12.6. The number of rotatable bonds is 6. The number of nitrogens with zero attached hydrogens (tertiary/aromatic N) is 2. The molecule has 0 bridgehead atoms. The third-order valence-corrected chi connectivity index (χ3v) is 3.81. The van der Waals surface area contributed by atoms with Crippen LogP contribution in [-0.2, 0) is 6.54 Å². The molecule has 0 saturated carbocycles. The molecule has 96 valence electrons. The zero-order valence-corrected chi connectivity index (χ0v) is 11.3. The summed E-state index contributed by atoms with van der Waals surface area (Å²) >= 11 is 1.83. The molecule has 2 rings (SSSR count). The SMILES string of the molecule is CC(O)c1cccc(SCCCn2ccnc2)c1. The Labute approximate surface area is 112 Å². The van der Waals surface area contributed by atoms with Gasteiger partial charge in [0.1, 0.15) is 0 Å². The van der Waals surface area contributed by atoms with Crippen molar-refractivity contribution in [2.24, 2.45) is 0 Å². The van der Waals surface area contributed by atoms with Crippen molar-refractivity contribution in [1.82, 2.24) is 9.55 Å². The molecule has 1 aromatic carbocycles. The predicted molar refractivity (Wildman–Crippen MR) is 74.6 cm³/mol. The molecule has 0 fully saturated rings. The van der Waals surface area contributed by atoms with Crippen LogP contribution in [0.3, 0.4) is 0 Å². The van der Waals surface area contributed by atoms with Gasteiger partial charge in [-0.05, 0) is 36.8 Å². The molecule has 4 heteroatoms. The monoisotopic (exact) mass is 262 g/mol. The van der Waals surface area contributed by atoms with Gasteiger partial charge in [0.05, 0.1) is 12.4 Å². The number of aliphatic hydroxyl groups is 1. The summed E-state index contributed by atoms with van der Waals surface area (Å²) in [5.41, 5.74) is 0.981. The first-order valence-electron chi connectivity index (χ1n) is 6.12. The van der Waals surface area contributed by atoms with E-state index in [9.17, 15) is 5.11 Å². The van der Waals surface area contributed by atoms with Gasteiger partial charge in [-0.3, -0.25) is 0 Å². The first-order chi connectivity index (χ1) is 8.75. The van der Waals surface area contributed by atoms with Crippen LogP contribution in [-0.4, -0.2) is 20.4 Å². The minimum Gasteiger partial charge on any atom is -0.389 e. The van der Waals surface area contributed by atoms with Crippen molar-refractivity contribution in [3.63, 3.8) is 0 Å². The predicted octanol–water partition coefficient (Wildman–Crippen LogP) is 3.12. The standard InChI is InChI=1S/C14H18N2OS/c1-12(17)13-4-2-5-14(10-13)18-9-3-7-16-8-6-15-11-16/h2,4-6,8,10-12,17H,3,7,9H2,1H3. The van der Waals surface area contributed by atoms with E-state index in [2.05, 4.69) is 21.7 Å². The second kappa shape index (κ2) is 6.61. The molecule has 1 unspecified atom stereocenters. The maximum atomic E-state index is 9.53. The number of aryl methyl sites for hydroxylation is 1. The third-order valence-electron chi connectivity index (χ3n) is 2.73. The van der Waals surface area contributed by atoms with Gasteiger partial charge in [-0.15, -0.1) is 11.8 Å². The van der Waals surface area contributed by atoms with Crippen LogP contribution < -0.4 is 0 Å². The van der Waals surface area contributed by atoms with Crippen molar-refractivity contribution in [1.29, 1.82) is 0 Å². The Kier molecular flexibility index (Phi) is 4.84. The topological polar surface area (TPSA) is 38.0 Å². The maximum Gasteiger partial charge on any atom is 0.0945 e. The lowest BCUT2D eigenvalue weighted by Crippen LogP contribution is -1.95. The Hall–Kier alpha value is -1.26. The molecule has 1 N–H and O–H groups in total. The van der Waals surface area contributed by atoms with Crippen LogP contribution in [0.2, 0.25) is 0 Å². The van der Waals surface area contributed by atoms with Gasteiger partial charge in [0.25, 0.3) is 0 Å². The van der Waals surface area contributed by atoms with E-state index >= 15 is 0 Å². The Morgan fingerprint density at radius 3 is 3.06 bits per heavy atom. The quantitative estimate of drug-likeness (QED) is 0.642. The van der Waals surface area contributed by atoms with Crippen molar-refractivity contribution < 1.29 is 5.11 Å². The number of aromatic nitrogens is 2. The molecule has 0 aliphatic carbocycles. The summed E-state index contributed by atoms with van der Waals surface area (Å²) in [6.45, 7) is 2.80. The summed E-state index contributed by atoms with van der Waals surface area (Å²) in [4.78, 5) is 5.24. The number of thioether (sulfide) groups is 1. The Morgan fingerprint density at radius 1 is 1.44 bits per heavy atom. The third kappa shape index (κ3) is 3.89. The van der Waals surface area contributed by atoms with Gasteiger partial charge in [0, 0.05) is 23.8 Å². The van der Waals surface area contributed by atoms with Crippen molar-refractivity contribution in [2.75, 3.05) is 5.75 Å². The average molecular weight is 262 g/mol. The molecule has 0 saturated heterocycles. The van der Waals surface area contributed by atoms with Crippen molar-refractivity contribution >= 4 is 11.8 Å². The molecule has 0 amide bonds. The minimum atomic E-state index is -0.392. The van der Waals surface area contributed by atoms with Gasteiger partial charge in [0.2, 0.25) is 0 Å². The zero-order valence-electron chi connectivity index (χ0n) is 10.5.